The number of nitrogens with one attached hydrogen (secondary N) is 1. The molecule has 9 heteroatoms. The Bertz CT molecular complexity index is 1330. The maximum absolute atomic E-state index is 13.3. The highest BCUT2D eigenvalue weighted by molar-refractivity contribution is 7.92. The number of carbonyl (C=O) groups excluding carboxylic acids is 1. The number of non-ortho nitro benzene ring substituents is 1. The Kier molecular flexibility index (Phi) is 6.23. The van der Waals surface area contributed by atoms with Crippen LogP contribution in [-0.4, -0.2) is 25.8 Å². The third-order valence-corrected chi connectivity index (χ3v) is 7.10. The summed E-state index contributed by atoms with van der Waals surface area (Å²) in [6.07, 6.45) is 4.37. The Morgan fingerprint density at radius 3 is 2.55 bits per heavy atom. The Hall–Kier alpha value is -3.98. The van der Waals surface area contributed by atoms with Crippen LogP contribution in [0.1, 0.15) is 17.5 Å². The molecule has 1 N–H and O–H groups in total. The molecular weight excluding hydrogens is 442 g/mol. The molecule has 168 valence electrons. The van der Waals surface area contributed by atoms with Crippen LogP contribution in [0.2, 0.25) is 0 Å². The molecule has 0 radical (unpaired) electrons. The van der Waals surface area contributed by atoms with Gasteiger partial charge in [-0.15, -0.1) is 0 Å². The van der Waals surface area contributed by atoms with Crippen LogP contribution in [-0.2, 0) is 21.2 Å². The van der Waals surface area contributed by atoms with Crippen molar-refractivity contribution >= 4 is 39.1 Å². The van der Waals surface area contributed by atoms with Crippen LogP contribution in [0.25, 0.3) is 6.08 Å². The second kappa shape index (κ2) is 9.25. The molecule has 0 saturated heterocycles. The number of benzene rings is 3. The lowest BCUT2D eigenvalue weighted by molar-refractivity contribution is -0.384. The fourth-order valence-corrected chi connectivity index (χ4v) is 5.26. The molecule has 8 nitrogen and oxygen atoms in total. The Labute approximate surface area is 191 Å². The van der Waals surface area contributed by atoms with E-state index in [0.717, 1.165) is 18.4 Å². The minimum atomic E-state index is -3.79. The summed E-state index contributed by atoms with van der Waals surface area (Å²) in [6.45, 7) is 0.397. The summed E-state index contributed by atoms with van der Waals surface area (Å²) in [5.41, 5.74) is 2.61. The summed E-state index contributed by atoms with van der Waals surface area (Å²) in [6, 6.07) is 19.4. The molecule has 0 saturated carbocycles. The maximum Gasteiger partial charge on any atom is 0.269 e. The molecule has 33 heavy (non-hydrogen) atoms. The van der Waals surface area contributed by atoms with Gasteiger partial charge in [0.1, 0.15) is 0 Å². The van der Waals surface area contributed by atoms with E-state index in [2.05, 4.69) is 5.32 Å². The molecule has 0 aromatic heterocycles. The van der Waals surface area contributed by atoms with Gasteiger partial charge in [0.25, 0.3) is 15.7 Å². The summed E-state index contributed by atoms with van der Waals surface area (Å²) in [7, 11) is -3.79. The molecule has 1 heterocycles. The number of nitro benzene ring substituents is 1. The lowest BCUT2D eigenvalue weighted by atomic mass is 10.0. The molecule has 0 fully saturated rings. The lowest BCUT2D eigenvalue weighted by Gasteiger charge is -2.30. The number of sulfonamides is 1. The first kappa shape index (κ1) is 22.2. The van der Waals surface area contributed by atoms with Gasteiger partial charge in [-0.2, -0.15) is 0 Å². The second-order valence-electron chi connectivity index (χ2n) is 7.51. The molecule has 1 aliphatic heterocycles. The zero-order chi connectivity index (χ0) is 23.4. The van der Waals surface area contributed by atoms with Crippen LogP contribution < -0.4 is 9.62 Å². The van der Waals surface area contributed by atoms with Crippen molar-refractivity contribution in [1.82, 2.24) is 0 Å². The number of anilines is 2. The molecule has 0 spiro atoms. The monoisotopic (exact) mass is 463 g/mol. The molecule has 3 aromatic carbocycles. The van der Waals surface area contributed by atoms with Crippen LogP contribution in [0, 0.1) is 10.1 Å². The number of fused-ring (bicyclic) bond motifs is 1. The standard InChI is InChI=1S/C24H21N3O5S/c28-24(15-12-18-10-13-21(14-11-18)27(29)30)25-20-7-3-8-22(17-20)33(31,32)26-16-4-6-19-5-1-2-9-23(19)26/h1-3,5,7-15,17H,4,6,16H2,(H,25,28)/b15-12+. The first-order chi connectivity index (χ1) is 15.8. The third kappa shape index (κ3) is 4.93. The van der Waals surface area contributed by atoms with E-state index >= 15 is 0 Å². The van der Waals surface area contributed by atoms with E-state index < -0.39 is 20.9 Å². The van der Waals surface area contributed by atoms with E-state index in [1.807, 2.05) is 18.2 Å². The third-order valence-electron chi connectivity index (χ3n) is 5.29. The fraction of sp³-hybridized carbons (Fsp3) is 0.125. The van der Waals surface area contributed by atoms with Gasteiger partial charge in [0.05, 0.1) is 15.5 Å². The molecular formula is C24H21N3O5S. The highest BCUT2D eigenvalue weighted by Gasteiger charge is 2.29. The van der Waals surface area contributed by atoms with E-state index in [4.69, 9.17) is 0 Å². The largest absolute Gasteiger partial charge is 0.322 e. The van der Waals surface area contributed by atoms with Crippen LogP contribution in [0.4, 0.5) is 17.1 Å². The number of rotatable bonds is 6. The predicted molar refractivity (Wildman–Crippen MR) is 126 cm³/mol. The summed E-state index contributed by atoms with van der Waals surface area (Å²) in [4.78, 5) is 22.6. The highest BCUT2D eigenvalue weighted by Crippen LogP contribution is 2.32. The number of nitro groups is 1. The van der Waals surface area contributed by atoms with E-state index in [1.165, 1.54) is 52.9 Å². The molecule has 4 rings (SSSR count). The smallest absolute Gasteiger partial charge is 0.269 e. The number of para-hydroxylation sites is 1. The van der Waals surface area contributed by atoms with Crippen molar-refractivity contribution in [3.05, 3.63) is 100 Å². The first-order valence-corrected chi connectivity index (χ1v) is 11.7. The summed E-state index contributed by atoms with van der Waals surface area (Å²) in [5, 5.41) is 13.4. The average Bonchev–Trinajstić information content (AvgIpc) is 2.83. The first-order valence-electron chi connectivity index (χ1n) is 10.3. The lowest BCUT2D eigenvalue weighted by Crippen LogP contribution is -2.35. The van der Waals surface area contributed by atoms with Crippen LogP contribution in [0.3, 0.4) is 0 Å². The van der Waals surface area contributed by atoms with Crippen molar-refractivity contribution in [1.29, 1.82) is 0 Å². The zero-order valence-corrected chi connectivity index (χ0v) is 18.4. The van der Waals surface area contributed by atoms with Crippen molar-refractivity contribution in [3.8, 4) is 0 Å². The Morgan fingerprint density at radius 1 is 1.03 bits per heavy atom. The van der Waals surface area contributed by atoms with Gasteiger partial charge in [0, 0.05) is 30.4 Å². The number of carbonyl (C=O) groups is 1. The van der Waals surface area contributed by atoms with Crippen LogP contribution >= 0.6 is 0 Å². The van der Waals surface area contributed by atoms with Crippen LogP contribution in [0.5, 0.6) is 0 Å². The molecule has 1 amide bonds. The van der Waals surface area contributed by atoms with Gasteiger partial charge in [-0.25, -0.2) is 8.42 Å². The van der Waals surface area contributed by atoms with Crippen molar-refractivity contribution in [2.75, 3.05) is 16.2 Å². The SMILES string of the molecule is O=C(/C=C/c1ccc([N+](=O)[O-])cc1)Nc1cccc(S(=O)(=O)N2CCCc3ccccc32)c1. The Balaban J connectivity index is 1.50. The second-order valence-corrected chi connectivity index (χ2v) is 9.37. The number of aryl methyl sites for hydroxylation is 1. The normalized spacial score (nSPS) is 13.5. The minimum Gasteiger partial charge on any atom is -0.322 e. The number of nitrogens with zero attached hydrogens (tertiary/aromatic N) is 2. The molecule has 0 unspecified atom stereocenters. The average molecular weight is 464 g/mol. The molecule has 0 bridgehead atoms. The molecule has 0 aliphatic carbocycles. The molecule has 0 atom stereocenters. The van der Waals surface area contributed by atoms with E-state index in [1.54, 1.807) is 18.2 Å². The fourth-order valence-electron chi connectivity index (χ4n) is 3.67. The highest BCUT2D eigenvalue weighted by atomic mass is 32.2. The summed E-state index contributed by atoms with van der Waals surface area (Å²) in [5.74, 6) is -0.453. The van der Waals surface area contributed by atoms with Gasteiger partial charge in [0.15, 0.2) is 0 Å². The number of hydrogen-bond donors (Lipinski definition) is 1. The predicted octanol–water partition coefficient (Wildman–Crippen LogP) is 4.39. The Morgan fingerprint density at radius 2 is 1.79 bits per heavy atom. The van der Waals surface area contributed by atoms with Gasteiger partial charge in [-0.3, -0.25) is 19.2 Å². The molecule has 1 aliphatic rings. The van der Waals surface area contributed by atoms with Crippen molar-refractivity contribution in [3.63, 3.8) is 0 Å². The van der Waals surface area contributed by atoms with Gasteiger partial charge in [-0.05, 0) is 66.4 Å². The van der Waals surface area contributed by atoms with Gasteiger partial charge < -0.3 is 5.32 Å². The van der Waals surface area contributed by atoms with Crippen molar-refractivity contribution in [2.24, 2.45) is 0 Å². The van der Waals surface area contributed by atoms with E-state index in [9.17, 15) is 23.3 Å². The van der Waals surface area contributed by atoms with Gasteiger partial charge in [-0.1, -0.05) is 24.3 Å². The van der Waals surface area contributed by atoms with E-state index in [0.29, 0.717) is 23.5 Å². The summed E-state index contributed by atoms with van der Waals surface area (Å²) >= 11 is 0. The van der Waals surface area contributed by atoms with Gasteiger partial charge in [0.2, 0.25) is 5.91 Å². The topological polar surface area (TPSA) is 110 Å². The van der Waals surface area contributed by atoms with E-state index in [-0.39, 0.29) is 10.6 Å². The maximum atomic E-state index is 13.3. The van der Waals surface area contributed by atoms with Crippen molar-refractivity contribution < 1.29 is 18.1 Å². The molecule has 3 aromatic rings. The quantitative estimate of drug-likeness (QED) is 0.331. The van der Waals surface area contributed by atoms with Crippen LogP contribution in [0.15, 0.2) is 83.8 Å². The number of hydrogen-bond acceptors (Lipinski definition) is 5. The van der Waals surface area contributed by atoms with Crippen molar-refractivity contribution in [2.45, 2.75) is 17.7 Å². The zero-order valence-electron chi connectivity index (χ0n) is 17.5. The number of amides is 1. The van der Waals surface area contributed by atoms with Gasteiger partial charge >= 0.3 is 0 Å². The minimum absolute atomic E-state index is 0.0362. The summed E-state index contributed by atoms with van der Waals surface area (Å²) < 4.78 is 28.1.